The van der Waals surface area contributed by atoms with Crippen LogP contribution in [0.4, 0.5) is 0 Å². The Morgan fingerprint density at radius 1 is 1.14 bits per heavy atom. The summed E-state index contributed by atoms with van der Waals surface area (Å²) in [5.41, 5.74) is 1.07. The molecule has 0 saturated carbocycles. The highest BCUT2D eigenvalue weighted by Crippen LogP contribution is 1.96. The second kappa shape index (κ2) is 11.6. The molecule has 0 spiro atoms. The lowest BCUT2D eigenvalue weighted by molar-refractivity contribution is -0.119. The molecule has 0 aliphatic carbocycles. The Hall–Kier alpha value is -2.08. The zero-order chi connectivity index (χ0) is 16.0. The standard InChI is InChI=1S/C16H26N4O2/c1-3-17-16(18-10-11-22-4-2)20-13-15(21)19-12-14-8-6-5-7-9-14/h5-9H,3-4,10-13H2,1-2H3,(H,19,21)(H2,17,18,20). The van der Waals surface area contributed by atoms with Gasteiger partial charge in [-0.15, -0.1) is 0 Å². The van der Waals surface area contributed by atoms with Crippen LogP contribution in [0, 0.1) is 0 Å². The number of carbonyl (C=O) groups is 1. The van der Waals surface area contributed by atoms with Gasteiger partial charge in [-0.2, -0.15) is 0 Å². The van der Waals surface area contributed by atoms with Gasteiger partial charge in [-0.05, 0) is 19.4 Å². The molecule has 0 bridgehead atoms. The van der Waals surface area contributed by atoms with Crippen LogP contribution in [-0.2, 0) is 16.1 Å². The van der Waals surface area contributed by atoms with E-state index in [1.165, 1.54) is 0 Å². The van der Waals surface area contributed by atoms with E-state index < -0.39 is 0 Å². The van der Waals surface area contributed by atoms with E-state index in [9.17, 15) is 4.79 Å². The van der Waals surface area contributed by atoms with Crippen LogP contribution in [0.15, 0.2) is 35.3 Å². The molecule has 0 fully saturated rings. The Morgan fingerprint density at radius 3 is 2.59 bits per heavy atom. The lowest BCUT2D eigenvalue weighted by Crippen LogP contribution is -2.40. The summed E-state index contributed by atoms with van der Waals surface area (Å²) in [6.45, 7) is 7.25. The first-order valence-electron chi connectivity index (χ1n) is 7.66. The molecule has 0 heterocycles. The van der Waals surface area contributed by atoms with Crippen LogP contribution in [0.3, 0.4) is 0 Å². The molecule has 0 unspecified atom stereocenters. The molecule has 122 valence electrons. The van der Waals surface area contributed by atoms with Gasteiger partial charge < -0.3 is 20.7 Å². The van der Waals surface area contributed by atoms with Crippen molar-refractivity contribution in [1.82, 2.24) is 16.0 Å². The van der Waals surface area contributed by atoms with E-state index in [2.05, 4.69) is 20.9 Å². The summed E-state index contributed by atoms with van der Waals surface area (Å²) in [6, 6.07) is 9.80. The van der Waals surface area contributed by atoms with Crippen molar-refractivity contribution in [2.75, 3.05) is 32.8 Å². The van der Waals surface area contributed by atoms with Crippen LogP contribution >= 0.6 is 0 Å². The molecule has 6 nitrogen and oxygen atoms in total. The summed E-state index contributed by atoms with van der Waals surface area (Å²) in [6.07, 6.45) is 0. The molecule has 1 amide bonds. The first-order chi connectivity index (χ1) is 10.8. The van der Waals surface area contributed by atoms with Gasteiger partial charge in [0.1, 0.15) is 6.54 Å². The smallest absolute Gasteiger partial charge is 0.242 e. The van der Waals surface area contributed by atoms with Crippen LogP contribution in [0.2, 0.25) is 0 Å². The van der Waals surface area contributed by atoms with Crippen LogP contribution in [0.25, 0.3) is 0 Å². The Kier molecular flexibility index (Phi) is 9.45. The van der Waals surface area contributed by atoms with Crippen molar-refractivity contribution in [3.63, 3.8) is 0 Å². The number of guanidine groups is 1. The average molecular weight is 306 g/mol. The van der Waals surface area contributed by atoms with E-state index in [1.54, 1.807) is 0 Å². The predicted molar refractivity (Wildman–Crippen MR) is 88.8 cm³/mol. The van der Waals surface area contributed by atoms with Gasteiger partial charge in [0.05, 0.1) is 6.61 Å². The van der Waals surface area contributed by atoms with Gasteiger partial charge >= 0.3 is 0 Å². The molecule has 1 aromatic rings. The minimum atomic E-state index is -0.106. The first-order valence-corrected chi connectivity index (χ1v) is 7.66. The fourth-order valence-corrected chi connectivity index (χ4v) is 1.73. The summed E-state index contributed by atoms with van der Waals surface area (Å²) in [5.74, 6) is 0.517. The molecule has 3 N–H and O–H groups in total. The number of ether oxygens (including phenoxy) is 1. The monoisotopic (exact) mass is 306 g/mol. The summed E-state index contributed by atoms with van der Waals surface area (Å²) in [4.78, 5) is 16.1. The van der Waals surface area contributed by atoms with E-state index in [4.69, 9.17) is 4.74 Å². The number of benzene rings is 1. The molecule has 1 aromatic carbocycles. The summed E-state index contributed by atoms with van der Waals surface area (Å²) >= 11 is 0. The van der Waals surface area contributed by atoms with Crippen molar-refractivity contribution in [3.8, 4) is 0 Å². The van der Waals surface area contributed by atoms with Crippen LogP contribution in [-0.4, -0.2) is 44.7 Å². The van der Waals surface area contributed by atoms with Gasteiger partial charge in [-0.25, -0.2) is 4.99 Å². The van der Waals surface area contributed by atoms with Gasteiger partial charge in [0.15, 0.2) is 5.96 Å². The van der Waals surface area contributed by atoms with Crippen LogP contribution in [0.1, 0.15) is 19.4 Å². The average Bonchev–Trinajstić information content (AvgIpc) is 2.55. The van der Waals surface area contributed by atoms with Gasteiger partial charge in [0.25, 0.3) is 0 Å². The van der Waals surface area contributed by atoms with Gasteiger partial charge in [0, 0.05) is 26.2 Å². The van der Waals surface area contributed by atoms with Crippen LogP contribution in [0.5, 0.6) is 0 Å². The molecular formula is C16H26N4O2. The van der Waals surface area contributed by atoms with Crippen molar-refractivity contribution in [2.45, 2.75) is 20.4 Å². The fourth-order valence-electron chi connectivity index (χ4n) is 1.73. The summed E-state index contributed by atoms with van der Waals surface area (Å²) in [7, 11) is 0. The van der Waals surface area contributed by atoms with E-state index in [0.29, 0.717) is 32.3 Å². The zero-order valence-corrected chi connectivity index (χ0v) is 13.4. The fraction of sp³-hybridized carbons (Fsp3) is 0.500. The second-order valence-electron chi connectivity index (χ2n) is 4.58. The summed E-state index contributed by atoms with van der Waals surface area (Å²) in [5, 5.41) is 9.06. The number of amides is 1. The second-order valence-corrected chi connectivity index (χ2v) is 4.58. The topological polar surface area (TPSA) is 74.8 Å². The van der Waals surface area contributed by atoms with Gasteiger partial charge in [-0.3, -0.25) is 4.79 Å². The van der Waals surface area contributed by atoms with Crippen molar-refractivity contribution < 1.29 is 9.53 Å². The normalized spacial score (nSPS) is 11.1. The summed E-state index contributed by atoms with van der Waals surface area (Å²) < 4.78 is 5.25. The minimum Gasteiger partial charge on any atom is -0.380 e. The number of hydrogen-bond donors (Lipinski definition) is 3. The minimum absolute atomic E-state index is 0.0940. The molecule has 1 rings (SSSR count). The Morgan fingerprint density at radius 2 is 1.91 bits per heavy atom. The molecule has 0 aliphatic heterocycles. The highest BCUT2D eigenvalue weighted by molar-refractivity contribution is 5.84. The molecule has 0 aromatic heterocycles. The van der Waals surface area contributed by atoms with Gasteiger partial charge in [0.2, 0.25) is 5.91 Å². The van der Waals surface area contributed by atoms with Crippen LogP contribution < -0.4 is 16.0 Å². The lowest BCUT2D eigenvalue weighted by Gasteiger charge is -2.11. The Balaban J connectivity index is 2.32. The van der Waals surface area contributed by atoms with Crippen molar-refractivity contribution in [2.24, 2.45) is 4.99 Å². The molecule has 22 heavy (non-hydrogen) atoms. The first kappa shape index (κ1) is 18.0. The number of aliphatic imine (C=N–C) groups is 1. The highest BCUT2D eigenvalue weighted by Gasteiger charge is 2.02. The number of nitrogens with zero attached hydrogens (tertiary/aromatic N) is 1. The van der Waals surface area contributed by atoms with Crippen molar-refractivity contribution in [1.29, 1.82) is 0 Å². The van der Waals surface area contributed by atoms with Crippen molar-refractivity contribution >= 4 is 11.9 Å². The number of hydrogen-bond acceptors (Lipinski definition) is 3. The molecule has 0 radical (unpaired) electrons. The third-order valence-electron chi connectivity index (χ3n) is 2.80. The quantitative estimate of drug-likeness (QED) is 0.360. The van der Waals surface area contributed by atoms with E-state index >= 15 is 0 Å². The predicted octanol–water partition coefficient (Wildman–Crippen LogP) is 0.894. The molecule has 0 aliphatic rings. The number of rotatable bonds is 9. The molecular weight excluding hydrogens is 280 g/mol. The van der Waals surface area contributed by atoms with E-state index in [0.717, 1.165) is 12.1 Å². The number of nitrogens with one attached hydrogen (secondary N) is 3. The molecule has 0 saturated heterocycles. The lowest BCUT2D eigenvalue weighted by atomic mass is 10.2. The zero-order valence-electron chi connectivity index (χ0n) is 13.4. The van der Waals surface area contributed by atoms with E-state index in [-0.39, 0.29) is 12.5 Å². The van der Waals surface area contributed by atoms with Crippen molar-refractivity contribution in [3.05, 3.63) is 35.9 Å². The Bertz CT molecular complexity index is 449. The number of carbonyl (C=O) groups excluding carboxylic acids is 1. The Labute approximate surface area is 132 Å². The molecule has 6 heteroatoms. The van der Waals surface area contributed by atoms with E-state index in [1.807, 2.05) is 44.2 Å². The maximum Gasteiger partial charge on any atom is 0.242 e. The maximum absolute atomic E-state index is 11.8. The van der Waals surface area contributed by atoms with Gasteiger partial charge in [-0.1, -0.05) is 30.3 Å². The maximum atomic E-state index is 11.8. The highest BCUT2D eigenvalue weighted by atomic mass is 16.5. The third kappa shape index (κ3) is 8.26. The third-order valence-corrected chi connectivity index (χ3v) is 2.80. The largest absolute Gasteiger partial charge is 0.380 e. The SMILES string of the molecule is CCNC(=NCC(=O)NCc1ccccc1)NCCOCC. The molecule has 0 atom stereocenters.